The summed E-state index contributed by atoms with van der Waals surface area (Å²) in [6, 6.07) is 12.7. The van der Waals surface area contributed by atoms with E-state index in [2.05, 4.69) is 4.98 Å². The molecule has 1 aromatic carbocycles. The Hall–Kier alpha value is -2.54. The van der Waals surface area contributed by atoms with Crippen molar-refractivity contribution in [2.45, 2.75) is 6.92 Å². The van der Waals surface area contributed by atoms with Gasteiger partial charge < -0.3 is 9.47 Å². The third-order valence-corrected chi connectivity index (χ3v) is 2.22. The molecule has 1 heterocycles. The first-order valence-corrected chi connectivity index (χ1v) is 5.59. The number of benzene rings is 1. The van der Waals surface area contributed by atoms with Gasteiger partial charge in [-0.15, -0.1) is 0 Å². The average Bonchev–Trinajstić information content (AvgIpc) is 2.40. The zero-order valence-corrected chi connectivity index (χ0v) is 9.96. The van der Waals surface area contributed by atoms with Crippen molar-refractivity contribution < 1.29 is 9.47 Å². The minimum absolute atomic E-state index is 0.263. The van der Waals surface area contributed by atoms with Gasteiger partial charge in [0.25, 0.3) is 0 Å². The van der Waals surface area contributed by atoms with Crippen LogP contribution in [-0.2, 0) is 0 Å². The molecule has 4 nitrogen and oxygen atoms in total. The monoisotopic (exact) mass is 240 g/mol. The molecule has 0 bridgehead atoms. The SMILES string of the molecule is CCOc1cccc(Oc2cccnc2C#N)c1. The largest absolute Gasteiger partial charge is 0.494 e. The van der Waals surface area contributed by atoms with Crippen molar-refractivity contribution in [1.82, 2.24) is 4.98 Å². The second-order valence-corrected chi connectivity index (χ2v) is 3.47. The molecule has 0 unspecified atom stereocenters. The Balaban J connectivity index is 2.23. The Bertz CT molecular complexity index is 576. The summed E-state index contributed by atoms with van der Waals surface area (Å²) < 4.78 is 11.0. The van der Waals surface area contributed by atoms with E-state index in [1.165, 1.54) is 0 Å². The second kappa shape index (κ2) is 5.69. The van der Waals surface area contributed by atoms with Gasteiger partial charge in [-0.2, -0.15) is 5.26 Å². The van der Waals surface area contributed by atoms with Crippen molar-refractivity contribution in [3.8, 4) is 23.3 Å². The molecule has 0 fully saturated rings. The Morgan fingerprint density at radius 3 is 2.83 bits per heavy atom. The van der Waals surface area contributed by atoms with Crippen LogP contribution in [0.25, 0.3) is 0 Å². The predicted molar refractivity (Wildman–Crippen MR) is 66.6 cm³/mol. The lowest BCUT2D eigenvalue weighted by atomic mass is 10.3. The molecular formula is C14H12N2O2. The number of rotatable bonds is 4. The molecule has 18 heavy (non-hydrogen) atoms. The van der Waals surface area contributed by atoms with Gasteiger partial charge in [-0.05, 0) is 31.2 Å². The van der Waals surface area contributed by atoms with E-state index >= 15 is 0 Å². The molecule has 2 rings (SSSR count). The zero-order valence-electron chi connectivity index (χ0n) is 9.96. The maximum absolute atomic E-state index is 8.92. The van der Waals surface area contributed by atoms with Crippen LogP contribution < -0.4 is 9.47 Å². The third kappa shape index (κ3) is 2.77. The van der Waals surface area contributed by atoms with Crippen LogP contribution in [0.5, 0.6) is 17.2 Å². The third-order valence-electron chi connectivity index (χ3n) is 2.22. The van der Waals surface area contributed by atoms with Gasteiger partial charge in [0, 0.05) is 12.3 Å². The van der Waals surface area contributed by atoms with E-state index in [9.17, 15) is 0 Å². The predicted octanol–water partition coefficient (Wildman–Crippen LogP) is 3.14. The summed E-state index contributed by atoms with van der Waals surface area (Å²) in [5.41, 5.74) is 0.263. The van der Waals surface area contributed by atoms with Gasteiger partial charge in [-0.25, -0.2) is 4.98 Å². The molecule has 0 amide bonds. The first kappa shape index (κ1) is 11.9. The lowest BCUT2D eigenvalue weighted by Gasteiger charge is -2.08. The van der Waals surface area contributed by atoms with Crippen LogP contribution in [0.3, 0.4) is 0 Å². The molecule has 0 aliphatic rings. The molecule has 0 aliphatic carbocycles. The number of hydrogen-bond donors (Lipinski definition) is 0. The standard InChI is InChI=1S/C14H12N2O2/c1-2-17-11-5-3-6-12(9-11)18-14-7-4-8-16-13(14)10-15/h3-9H,2H2,1H3. The number of nitrogens with zero attached hydrogens (tertiary/aromatic N) is 2. The Kier molecular flexibility index (Phi) is 3.77. The molecule has 0 aliphatic heterocycles. The molecule has 0 spiro atoms. The highest BCUT2D eigenvalue weighted by molar-refractivity contribution is 5.41. The summed E-state index contributed by atoms with van der Waals surface area (Å²) in [6.07, 6.45) is 1.56. The maximum atomic E-state index is 8.92. The summed E-state index contributed by atoms with van der Waals surface area (Å²) in [4.78, 5) is 3.93. The molecule has 1 aromatic heterocycles. The molecule has 0 saturated heterocycles. The van der Waals surface area contributed by atoms with Gasteiger partial charge in [0.15, 0.2) is 11.4 Å². The van der Waals surface area contributed by atoms with E-state index in [1.807, 2.05) is 25.1 Å². The van der Waals surface area contributed by atoms with Crippen LogP contribution in [0.15, 0.2) is 42.6 Å². The first-order chi connectivity index (χ1) is 8.83. The molecule has 2 aromatic rings. The summed E-state index contributed by atoms with van der Waals surface area (Å²) >= 11 is 0. The first-order valence-electron chi connectivity index (χ1n) is 5.59. The van der Waals surface area contributed by atoms with Gasteiger partial charge >= 0.3 is 0 Å². The number of pyridine rings is 1. The van der Waals surface area contributed by atoms with E-state index in [4.69, 9.17) is 14.7 Å². The van der Waals surface area contributed by atoms with Gasteiger partial charge in [-0.3, -0.25) is 0 Å². The number of aromatic nitrogens is 1. The van der Waals surface area contributed by atoms with Crippen molar-refractivity contribution >= 4 is 0 Å². The van der Waals surface area contributed by atoms with Crippen LogP contribution in [0, 0.1) is 11.3 Å². The Morgan fingerprint density at radius 1 is 1.22 bits per heavy atom. The highest BCUT2D eigenvalue weighted by atomic mass is 16.5. The van der Waals surface area contributed by atoms with Crippen molar-refractivity contribution in [1.29, 1.82) is 5.26 Å². The lowest BCUT2D eigenvalue weighted by molar-refractivity contribution is 0.338. The number of hydrogen-bond acceptors (Lipinski definition) is 4. The topological polar surface area (TPSA) is 55.1 Å². The fourth-order valence-electron chi connectivity index (χ4n) is 1.48. The van der Waals surface area contributed by atoms with E-state index < -0.39 is 0 Å². The van der Waals surface area contributed by atoms with E-state index in [0.717, 1.165) is 5.75 Å². The highest BCUT2D eigenvalue weighted by Crippen LogP contribution is 2.26. The van der Waals surface area contributed by atoms with Crippen molar-refractivity contribution in [3.05, 3.63) is 48.3 Å². The highest BCUT2D eigenvalue weighted by Gasteiger charge is 2.05. The van der Waals surface area contributed by atoms with Crippen LogP contribution in [0.4, 0.5) is 0 Å². The van der Waals surface area contributed by atoms with Gasteiger partial charge in [0.1, 0.15) is 17.6 Å². The molecular weight excluding hydrogens is 228 g/mol. The normalized spacial score (nSPS) is 9.56. The number of ether oxygens (including phenoxy) is 2. The summed E-state index contributed by atoms with van der Waals surface area (Å²) in [5.74, 6) is 1.79. The zero-order chi connectivity index (χ0) is 12.8. The smallest absolute Gasteiger partial charge is 0.183 e. The van der Waals surface area contributed by atoms with E-state index in [0.29, 0.717) is 18.1 Å². The van der Waals surface area contributed by atoms with Crippen LogP contribution >= 0.6 is 0 Å². The summed E-state index contributed by atoms with van der Waals surface area (Å²) in [5, 5.41) is 8.92. The second-order valence-electron chi connectivity index (χ2n) is 3.47. The fraction of sp³-hybridized carbons (Fsp3) is 0.143. The molecule has 0 N–H and O–H groups in total. The van der Waals surface area contributed by atoms with Crippen molar-refractivity contribution in [3.63, 3.8) is 0 Å². The maximum Gasteiger partial charge on any atom is 0.183 e. The molecule has 90 valence electrons. The quantitative estimate of drug-likeness (QED) is 0.823. The van der Waals surface area contributed by atoms with E-state index in [-0.39, 0.29) is 5.69 Å². The Labute approximate surface area is 105 Å². The van der Waals surface area contributed by atoms with Crippen LogP contribution in [0.2, 0.25) is 0 Å². The summed E-state index contributed by atoms with van der Waals surface area (Å²) in [6.45, 7) is 2.52. The lowest BCUT2D eigenvalue weighted by Crippen LogP contribution is -1.93. The van der Waals surface area contributed by atoms with Crippen molar-refractivity contribution in [2.24, 2.45) is 0 Å². The minimum atomic E-state index is 0.263. The molecule has 0 radical (unpaired) electrons. The summed E-state index contributed by atoms with van der Waals surface area (Å²) in [7, 11) is 0. The molecule has 0 atom stereocenters. The van der Waals surface area contributed by atoms with E-state index in [1.54, 1.807) is 30.5 Å². The molecule has 4 heteroatoms. The minimum Gasteiger partial charge on any atom is -0.494 e. The van der Waals surface area contributed by atoms with Crippen LogP contribution in [0.1, 0.15) is 12.6 Å². The van der Waals surface area contributed by atoms with Gasteiger partial charge in [0.2, 0.25) is 0 Å². The number of nitriles is 1. The molecule has 0 saturated carbocycles. The fourth-order valence-corrected chi connectivity index (χ4v) is 1.48. The van der Waals surface area contributed by atoms with Crippen LogP contribution in [-0.4, -0.2) is 11.6 Å². The van der Waals surface area contributed by atoms with Gasteiger partial charge in [-0.1, -0.05) is 6.07 Å². The Morgan fingerprint density at radius 2 is 2.06 bits per heavy atom. The van der Waals surface area contributed by atoms with Crippen molar-refractivity contribution in [2.75, 3.05) is 6.61 Å². The average molecular weight is 240 g/mol. The van der Waals surface area contributed by atoms with Gasteiger partial charge in [0.05, 0.1) is 6.61 Å².